The third kappa shape index (κ3) is 8.06. The van der Waals surface area contributed by atoms with E-state index in [1.807, 2.05) is 18.2 Å². The van der Waals surface area contributed by atoms with Crippen LogP contribution in [0.2, 0.25) is 0 Å². The fourth-order valence-electron chi connectivity index (χ4n) is 4.38. The van der Waals surface area contributed by atoms with Gasteiger partial charge < -0.3 is 10.4 Å². The molecule has 1 aromatic rings. The number of aliphatic hydroxyl groups excluding tert-OH is 1. The molecule has 0 aliphatic heterocycles. The van der Waals surface area contributed by atoms with Crippen LogP contribution in [0.25, 0.3) is 0 Å². The summed E-state index contributed by atoms with van der Waals surface area (Å²) in [4.78, 5) is 23.9. The Morgan fingerprint density at radius 3 is 2.57 bits per heavy atom. The minimum Gasteiger partial charge on any atom is -0.393 e. The topological polar surface area (TPSA) is 66.4 Å². The molecule has 1 saturated carbocycles. The first kappa shape index (κ1) is 22.7. The molecule has 3 rings (SSSR count). The van der Waals surface area contributed by atoms with E-state index >= 15 is 0 Å². The molecule has 0 radical (unpaired) electrons. The quantitative estimate of drug-likeness (QED) is 0.434. The Balaban J connectivity index is 1.26. The highest BCUT2D eigenvalue weighted by molar-refractivity contribution is 5.94. The van der Waals surface area contributed by atoms with Crippen LogP contribution in [0.3, 0.4) is 0 Å². The van der Waals surface area contributed by atoms with Crippen molar-refractivity contribution in [2.24, 2.45) is 11.8 Å². The van der Waals surface area contributed by atoms with Crippen molar-refractivity contribution < 1.29 is 14.7 Å². The summed E-state index contributed by atoms with van der Waals surface area (Å²) in [7, 11) is 0. The standard InChI is InChI=1S/C26H37NO3/c28-23(17-12-20-8-4-3-5-9-20)18-13-21-14-19-25(29)24(21)10-6-1-2-7-11-26(30)27-22-15-16-22/h3-5,8-9,14,19,21-24,28H,1-2,6-7,10-13,15-18H2,(H,27,30)/t21-,23-,24+/m0/s1. The molecular formula is C26H37NO3. The van der Waals surface area contributed by atoms with Crippen LogP contribution in [0.5, 0.6) is 0 Å². The molecule has 30 heavy (non-hydrogen) atoms. The van der Waals surface area contributed by atoms with Crippen LogP contribution in [-0.2, 0) is 16.0 Å². The number of carbonyl (C=O) groups is 2. The second-order valence-electron chi connectivity index (χ2n) is 9.08. The first-order chi connectivity index (χ1) is 14.6. The summed E-state index contributed by atoms with van der Waals surface area (Å²) in [6.07, 6.45) is 14.7. The average Bonchev–Trinajstić information content (AvgIpc) is 3.50. The molecule has 1 aromatic carbocycles. The van der Waals surface area contributed by atoms with Crippen molar-refractivity contribution in [1.82, 2.24) is 5.32 Å². The van der Waals surface area contributed by atoms with Gasteiger partial charge in [-0.25, -0.2) is 0 Å². The Morgan fingerprint density at radius 2 is 1.80 bits per heavy atom. The zero-order valence-corrected chi connectivity index (χ0v) is 18.1. The maximum atomic E-state index is 12.3. The van der Waals surface area contributed by atoms with Crippen molar-refractivity contribution in [3.63, 3.8) is 0 Å². The van der Waals surface area contributed by atoms with E-state index in [-0.39, 0.29) is 29.6 Å². The number of amides is 1. The van der Waals surface area contributed by atoms with Crippen LogP contribution < -0.4 is 5.32 Å². The smallest absolute Gasteiger partial charge is 0.220 e. The number of carbonyl (C=O) groups excluding carboxylic acids is 2. The minimum atomic E-state index is -0.309. The molecule has 2 aliphatic rings. The molecule has 4 heteroatoms. The number of ketones is 1. The van der Waals surface area contributed by atoms with E-state index in [2.05, 4.69) is 23.5 Å². The summed E-state index contributed by atoms with van der Waals surface area (Å²) >= 11 is 0. The summed E-state index contributed by atoms with van der Waals surface area (Å²) in [5.41, 5.74) is 1.26. The second-order valence-corrected chi connectivity index (χ2v) is 9.08. The van der Waals surface area contributed by atoms with Gasteiger partial charge in [0, 0.05) is 18.4 Å². The summed E-state index contributed by atoms with van der Waals surface area (Å²) in [5.74, 6) is 0.804. The van der Waals surface area contributed by atoms with E-state index in [0.717, 1.165) is 70.6 Å². The van der Waals surface area contributed by atoms with Crippen LogP contribution in [0, 0.1) is 11.8 Å². The molecular weight excluding hydrogens is 374 g/mol. The third-order valence-corrected chi connectivity index (χ3v) is 6.44. The lowest BCUT2D eigenvalue weighted by Gasteiger charge is -2.20. The second kappa shape index (κ2) is 12.0. The molecule has 1 amide bonds. The van der Waals surface area contributed by atoms with Crippen LogP contribution >= 0.6 is 0 Å². The zero-order valence-electron chi connectivity index (χ0n) is 18.1. The number of hydrogen-bond acceptors (Lipinski definition) is 3. The van der Waals surface area contributed by atoms with Crippen molar-refractivity contribution in [3.8, 4) is 0 Å². The molecule has 4 nitrogen and oxygen atoms in total. The molecule has 1 fully saturated rings. The van der Waals surface area contributed by atoms with Crippen LogP contribution in [0.4, 0.5) is 0 Å². The maximum absolute atomic E-state index is 12.3. The number of allylic oxidation sites excluding steroid dienone is 2. The Hall–Kier alpha value is -1.94. The third-order valence-electron chi connectivity index (χ3n) is 6.44. The monoisotopic (exact) mass is 411 g/mol. The molecule has 0 unspecified atom stereocenters. The first-order valence-electron chi connectivity index (χ1n) is 11.8. The van der Waals surface area contributed by atoms with E-state index in [1.165, 1.54) is 5.56 Å². The Morgan fingerprint density at radius 1 is 1.03 bits per heavy atom. The summed E-state index contributed by atoms with van der Waals surface area (Å²) < 4.78 is 0. The van der Waals surface area contributed by atoms with Gasteiger partial charge in [-0.3, -0.25) is 9.59 Å². The highest BCUT2D eigenvalue weighted by Gasteiger charge is 2.29. The molecule has 0 aromatic heterocycles. The van der Waals surface area contributed by atoms with Crippen molar-refractivity contribution in [1.29, 1.82) is 0 Å². The van der Waals surface area contributed by atoms with E-state index < -0.39 is 0 Å². The van der Waals surface area contributed by atoms with Gasteiger partial charge in [0.15, 0.2) is 5.78 Å². The van der Waals surface area contributed by atoms with E-state index in [4.69, 9.17) is 0 Å². The normalized spacial score (nSPS) is 21.7. The SMILES string of the molecule is O=C(CCCCCC[C@H]1C(=O)C=C[C@@H]1CC[C@@H](O)CCc1ccccc1)NC1CC1. The zero-order chi connectivity index (χ0) is 21.2. The summed E-state index contributed by atoms with van der Waals surface area (Å²) in [6.45, 7) is 0. The van der Waals surface area contributed by atoms with Gasteiger partial charge in [-0.1, -0.05) is 55.7 Å². The maximum Gasteiger partial charge on any atom is 0.220 e. The van der Waals surface area contributed by atoms with Gasteiger partial charge in [0.2, 0.25) is 5.91 Å². The largest absolute Gasteiger partial charge is 0.393 e. The highest BCUT2D eigenvalue weighted by atomic mass is 16.3. The highest BCUT2D eigenvalue weighted by Crippen LogP contribution is 2.31. The van der Waals surface area contributed by atoms with E-state index in [1.54, 1.807) is 6.08 Å². The number of aryl methyl sites for hydroxylation is 1. The molecule has 0 heterocycles. The minimum absolute atomic E-state index is 0.0875. The summed E-state index contributed by atoms with van der Waals surface area (Å²) in [6, 6.07) is 10.7. The molecule has 3 atom stereocenters. The van der Waals surface area contributed by atoms with E-state index in [9.17, 15) is 14.7 Å². The Kier molecular flexibility index (Phi) is 9.13. The Bertz CT molecular complexity index is 695. The lowest BCUT2D eigenvalue weighted by molar-refractivity contribution is -0.121. The Labute approximate surface area is 181 Å². The predicted molar refractivity (Wildman–Crippen MR) is 120 cm³/mol. The molecule has 164 valence electrons. The molecule has 0 bridgehead atoms. The molecule has 2 N–H and O–H groups in total. The van der Waals surface area contributed by atoms with Gasteiger partial charge in [-0.2, -0.15) is 0 Å². The number of aliphatic hydroxyl groups is 1. The van der Waals surface area contributed by atoms with Gasteiger partial charge in [0.05, 0.1) is 6.10 Å². The number of nitrogens with one attached hydrogen (secondary N) is 1. The van der Waals surface area contributed by atoms with Crippen LogP contribution in [-0.4, -0.2) is 28.9 Å². The van der Waals surface area contributed by atoms with E-state index in [0.29, 0.717) is 12.5 Å². The lowest BCUT2D eigenvalue weighted by atomic mass is 9.85. The van der Waals surface area contributed by atoms with Gasteiger partial charge in [0.1, 0.15) is 0 Å². The average molecular weight is 412 g/mol. The number of hydrogen-bond donors (Lipinski definition) is 2. The van der Waals surface area contributed by atoms with Gasteiger partial charge in [0.25, 0.3) is 0 Å². The van der Waals surface area contributed by atoms with Crippen LogP contribution in [0.1, 0.15) is 76.2 Å². The number of rotatable bonds is 14. The fourth-order valence-corrected chi connectivity index (χ4v) is 4.38. The van der Waals surface area contributed by atoms with Crippen molar-refractivity contribution in [3.05, 3.63) is 48.0 Å². The van der Waals surface area contributed by atoms with Crippen LogP contribution in [0.15, 0.2) is 42.5 Å². The van der Waals surface area contributed by atoms with Gasteiger partial charge >= 0.3 is 0 Å². The molecule has 0 saturated heterocycles. The fraction of sp³-hybridized carbons (Fsp3) is 0.615. The molecule has 2 aliphatic carbocycles. The summed E-state index contributed by atoms with van der Waals surface area (Å²) in [5, 5.41) is 13.4. The van der Waals surface area contributed by atoms with Crippen molar-refractivity contribution >= 4 is 11.7 Å². The lowest BCUT2D eigenvalue weighted by Crippen LogP contribution is -2.24. The van der Waals surface area contributed by atoms with Gasteiger partial charge in [-0.05, 0) is 68.9 Å². The van der Waals surface area contributed by atoms with Crippen molar-refractivity contribution in [2.75, 3.05) is 0 Å². The number of unbranched alkanes of at least 4 members (excludes halogenated alkanes) is 3. The van der Waals surface area contributed by atoms with Gasteiger partial charge in [-0.15, -0.1) is 0 Å². The number of benzene rings is 1. The molecule has 0 spiro atoms. The predicted octanol–water partition coefficient (Wildman–Crippen LogP) is 4.75. The van der Waals surface area contributed by atoms with Crippen molar-refractivity contribution in [2.45, 2.75) is 89.2 Å². The first-order valence-corrected chi connectivity index (χ1v) is 11.8.